The molecule has 0 fully saturated rings. The fourth-order valence-electron chi connectivity index (χ4n) is 6.16. The Balaban J connectivity index is 2.24. The van der Waals surface area contributed by atoms with E-state index in [-0.39, 0.29) is 5.54 Å². The van der Waals surface area contributed by atoms with Gasteiger partial charge in [0.2, 0.25) is 0 Å². The van der Waals surface area contributed by atoms with E-state index in [4.69, 9.17) is 0 Å². The van der Waals surface area contributed by atoms with E-state index in [9.17, 15) is 0 Å². The summed E-state index contributed by atoms with van der Waals surface area (Å²) in [6.07, 6.45) is 2.38. The summed E-state index contributed by atoms with van der Waals surface area (Å²) in [4.78, 5) is 0. The van der Waals surface area contributed by atoms with Crippen LogP contribution in [0.25, 0.3) is 6.08 Å². The number of hydrogen-bond donors (Lipinski definition) is 1. The quantitative estimate of drug-likeness (QED) is 0.366. The molecule has 0 spiro atoms. The van der Waals surface area contributed by atoms with Gasteiger partial charge in [-0.25, -0.2) is 0 Å². The minimum absolute atomic E-state index is 0.0149. The van der Waals surface area contributed by atoms with Gasteiger partial charge in [-0.1, -0.05) is 0 Å². The van der Waals surface area contributed by atoms with Crippen molar-refractivity contribution >= 4 is 34.5 Å². The van der Waals surface area contributed by atoms with E-state index in [1.54, 1.807) is 6.54 Å². The zero-order chi connectivity index (χ0) is 22.3. The van der Waals surface area contributed by atoms with Crippen molar-refractivity contribution in [1.82, 2.24) is 3.26 Å². The minimum atomic E-state index is -4.25. The Morgan fingerprint density at radius 3 is 1.74 bits per heavy atom. The molecule has 0 bridgehead atoms. The Morgan fingerprint density at radius 1 is 0.774 bits per heavy atom. The molecule has 0 radical (unpaired) electrons. The second kappa shape index (κ2) is 8.37. The van der Waals surface area contributed by atoms with Gasteiger partial charge >= 0.3 is 200 Å². The van der Waals surface area contributed by atoms with Crippen LogP contribution in [0.3, 0.4) is 0 Å². The SMILES string of the molecule is C[SiH](C)[Zr]([NH]C(C)(C)C)([c]1ccccc1)([c]1ccccc1)[CH]1C(Br)=Cc2ccccc21. The molecule has 3 aromatic rings. The summed E-state index contributed by atoms with van der Waals surface area (Å²) in [5.74, 6) is -1.33. The van der Waals surface area contributed by atoms with Gasteiger partial charge in [-0.3, -0.25) is 0 Å². The summed E-state index contributed by atoms with van der Waals surface area (Å²) < 4.78 is 9.33. The van der Waals surface area contributed by atoms with Crippen molar-refractivity contribution in [2.75, 3.05) is 0 Å². The zero-order valence-corrected chi connectivity index (χ0v) is 24.4. The molecule has 1 aliphatic carbocycles. The first kappa shape index (κ1) is 23.1. The van der Waals surface area contributed by atoms with Gasteiger partial charge in [-0.2, -0.15) is 0 Å². The second-order valence-electron chi connectivity index (χ2n) is 10.3. The molecular weight excluding hydrogens is 538 g/mol. The summed E-state index contributed by atoms with van der Waals surface area (Å²) in [6, 6.07) is 32.0. The van der Waals surface area contributed by atoms with Gasteiger partial charge in [0.1, 0.15) is 0 Å². The number of fused-ring (bicyclic) bond motifs is 1. The molecule has 0 saturated carbocycles. The van der Waals surface area contributed by atoms with E-state index in [1.807, 2.05) is 0 Å². The van der Waals surface area contributed by atoms with Crippen LogP contribution < -0.4 is 9.80 Å². The van der Waals surface area contributed by atoms with Crippen molar-refractivity contribution in [3.8, 4) is 0 Å². The molecule has 1 atom stereocenters. The summed E-state index contributed by atoms with van der Waals surface area (Å²) in [6.45, 7) is 12.2. The fourth-order valence-corrected chi connectivity index (χ4v) is 52.9. The Morgan fingerprint density at radius 2 is 1.26 bits per heavy atom. The molecule has 1 N–H and O–H groups in total. The van der Waals surface area contributed by atoms with Crippen LogP contribution in [0.4, 0.5) is 0 Å². The van der Waals surface area contributed by atoms with E-state index in [0.717, 1.165) is 0 Å². The molecule has 161 valence electrons. The molecule has 31 heavy (non-hydrogen) atoms. The van der Waals surface area contributed by atoms with Gasteiger partial charge < -0.3 is 0 Å². The number of benzene rings is 3. The number of allylic oxidation sites excluding steroid dienone is 1. The van der Waals surface area contributed by atoms with Crippen LogP contribution in [0, 0.1) is 0 Å². The Labute approximate surface area is 198 Å². The van der Waals surface area contributed by atoms with Crippen LogP contribution in [0.1, 0.15) is 35.5 Å². The van der Waals surface area contributed by atoms with Crippen LogP contribution in [-0.4, -0.2) is 11.5 Å². The van der Waals surface area contributed by atoms with E-state index < -0.39 is 24.2 Å². The molecule has 0 aromatic heterocycles. The zero-order valence-electron chi connectivity index (χ0n) is 19.2. The maximum atomic E-state index is 4.53. The van der Waals surface area contributed by atoms with Gasteiger partial charge in [-0.05, 0) is 0 Å². The van der Waals surface area contributed by atoms with Crippen molar-refractivity contribution in [3.05, 3.63) is 101 Å². The predicted octanol–water partition coefficient (Wildman–Crippen LogP) is 6.10. The molecule has 0 heterocycles. The average Bonchev–Trinajstić information content (AvgIpc) is 3.09. The van der Waals surface area contributed by atoms with Crippen LogP contribution in [0.5, 0.6) is 0 Å². The summed E-state index contributed by atoms with van der Waals surface area (Å²) >= 11 is -0.129. The van der Waals surface area contributed by atoms with Crippen molar-refractivity contribution in [1.29, 1.82) is 0 Å². The molecule has 1 nitrogen and oxygen atoms in total. The monoisotopic (exact) mass is 568 g/mol. The number of rotatable bonds is 5. The summed E-state index contributed by atoms with van der Waals surface area (Å²) in [7, 11) is 0. The van der Waals surface area contributed by atoms with Crippen LogP contribution in [0.15, 0.2) is 89.4 Å². The molecular formula is C27H33BrNSiZr. The van der Waals surface area contributed by atoms with E-state index in [2.05, 4.69) is 144 Å². The first-order valence-corrected chi connectivity index (χ1v) is 24.3. The molecule has 4 rings (SSSR count). The second-order valence-corrected chi connectivity index (χ2v) is 40.9. The van der Waals surface area contributed by atoms with Crippen molar-refractivity contribution in [3.63, 3.8) is 0 Å². The normalized spacial score (nSPS) is 17.7. The first-order chi connectivity index (χ1) is 14.7. The number of halogens is 1. The summed E-state index contributed by atoms with van der Waals surface area (Å²) in [5, 5.41) is 0. The molecule has 4 heteroatoms. The Bertz CT molecular complexity index is 1060. The van der Waals surface area contributed by atoms with E-state index >= 15 is 0 Å². The Hall–Kier alpha value is -1.06. The van der Waals surface area contributed by atoms with Crippen molar-refractivity contribution in [2.24, 2.45) is 0 Å². The molecule has 0 amide bonds. The summed E-state index contributed by atoms with van der Waals surface area (Å²) in [5.41, 5.74) is 2.82. The molecule has 3 aromatic carbocycles. The topological polar surface area (TPSA) is 12.0 Å². The molecule has 1 aliphatic rings. The standard InChI is InChI=1S/C9H6Br.2C6H5.C4H10N.C2H7Si.Zr/c10-9-5-7-3-1-2-4-8(7)6-9;2*1-2-4-6-5-3-1;1-4(2,3)5;1-3-2;/h1-6H;2*1-5H;5H,1-3H3;3H,1-2H3;/q;;;-1;;+1. The van der Waals surface area contributed by atoms with Gasteiger partial charge in [0.05, 0.1) is 0 Å². The maximum absolute atomic E-state index is 4.53. The van der Waals surface area contributed by atoms with Crippen molar-refractivity contribution in [2.45, 2.75) is 43.0 Å². The van der Waals surface area contributed by atoms with Gasteiger partial charge in [0.25, 0.3) is 0 Å². The third-order valence-corrected chi connectivity index (χ3v) is 51.1. The van der Waals surface area contributed by atoms with E-state index in [1.165, 1.54) is 15.6 Å². The van der Waals surface area contributed by atoms with Gasteiger partial charge in [0, 0.05) is 0 Å². The molecule has 1 unspecified atom stereocenters. The first-order valence-electron chi connectivity index (χ1n) is 11.2. The third-order valence-electron chi connectivity index (χ3n) is 7.11. The molecule has 0 saturated heterocycles. The Kier molecular flexibility index (Phi) is 6.24. The predicted molar refractivity (Wildman–Crippen MR) is 140 cm³/mol. The van der Waals surface area contributed by atoms with E-state index in [0.29, 0.717) is 3.63 Å². The molecule has 0 aliphatic heterocycles. The number of hydrogen-bond acceptors (Lipinski definition) is 1. The van der Waals surface area contributed by atoms with Crippen LogP contribution in [-0.2, 0) is 18.2 Å². The van der Waals surface area contributed by atoms with Gasteiger partial charge in [-0.15, -0.1) is 0 Å². The number of nitrogens with one attached hydrogen (secondary N) is 1. The van der Waals surface area contributed by atoms with Crippen LogP contribution in [0.2, 0.25) is 13.1 Å². The third kappa shape index (κ3) is 3.55. The van der Waals surface area contributed by atoms with Gasteiger partial charge in [0.15, 0.2) is 0 Å². The van der Waals surface area contributed by atoms with Crippen LogP contribution >= 0.6 is 15.9 Å². The fraction of sp³-hybridized carbons (Fsp3) is 0.259. The average molecular weight is 571 g/mol. The van der Waals surface area contributed by atoms with Crippen molar-refractivity contribution < 1.29 is 18.2 Å².